The first kappa shape index (κ1) is 24.9. The van der Waals surface area contributed by atoms with E-state index in [0.29, 0.717) is 25.7 Å². The summed E-state index contributed by atoms with van der Waals surface area (Å²) < 4.78 is 9.95. The summed E-state index contributed by atoms with van der Waals surface area (Å²) in [6, 6.07) is 0. The van der Waals surface area contributed by atoms with Gasteiger partial charge < -0.3 is 19.7 Å². The number of rotatable bonds is 13. The van der Waals surface area contributed by atoms with Gasteiger partial charge in [0.05, 0.1) is 0 Å². The molecule has 25 heavy (non-hydrogen) atoms. The van der Waals surface area contributed by atoms with E-state index in [1.807, 2.05) is 0 Å². The van der Waals surface area contributed by atoms with Gasteiger partial charge in [-0.3, -0.25) is 19.2 Å². The number of unbranched alkanes of at least 4 members (excludes halogenated alkanes) is 2. The Balaban J connectivity index is 0. The predicted octanol–water partition coefficient (Wildman–Crippen LogP) is 2.55. The van der Waals surface area contributed by atoms with E-state index in [2.05, 4.69) is 13.2 Å². The number of hydrogen-bond donors (Lipinski definition) is 2. The predicted molar refractivity (Wildman–Crippen MR) is 90.0 cm³/mol. The van der Waals surface area contributed by atoms with E-state index in [1.165, 1.54) is 0 Å². The summed E-state index contributed by atoms with van der Waals surface area (Å²) in [7, 11) is 0. The average Bonchev–Trinajstić information content (AvgIpc) is 2.55. The molecule has 0 saturated heterocycles. The minimum atomic E-state index is -0.901. The highest BCUT2D eigenvalue weighted by Gasteiger charge is 2.12. The van der Waals surface area contributed by atoms with Gasteiger partial charge in [-0.2, -0.15) is 0 Å². The van der Waals surface area contributed by atoms with Gasteiger partial charge in [0.25, 0.3) is 0 Å². The lowest BCUT2D eigenvalue weighted by Crippen LogP contribution is -2.22. The van der Waals surface area contributed by atoms with Crippen LogP contribution in [-0.4, -0.2) is 46.8 Å². The van der Waals surface area contributed by atoms with Crippen LogP contribution in [0.15, 0.2) is 13.2 Å². The van der Waals surface area contributed by atoms with E-state index < -0.39 is 30.0 Å². The molecule has 0 aromatic carbocycles. The smallest absolute Gasteiger partial charge is 0.306 e. The second-order valence-corrected chi connectivity index (χ2v) is 5.19. The highest BCUT2D eigenvalue weighted by molar-refractivity contribution is 5.71. The maximum atomic E-state index is 11.5. The molecule has 0 aliphatic rings. The van der Waals surface area contributed by atoms with Crippen molar-refractivity contribution in [1.82, 2.24) is 0 Å². The molecule has 1 unspecified atom stereocenters. The molecule has 1 atom stereocenters. The number of carbonyl (C=O) groups is 4. The average molecular weight is 360 g/mol. The Kier molecular flexibility index (Phi) is 16.4. The number of aliphatic carboxylic acids is 2. The molecule has 2 N–H and O–H groups in total. The number of carboxylic acids is 2. The first-order chi connectivity index (χ1) is 11.8. The Hall–Kier alpha value is -2.38. The molecule has 0 saturated carbocycles. The van der Waals surface area contributed by atoms with Crippen LogP contribution in [0.4, 0.5) is 0 Å². The topological polar surface area (TPSA) is 127 Å². The fraction of sp³-hybridized carbons (Fsp3) is 0.647. The maximum absolute atomic E-state index is 11.5. The molecule has 144 valence electrons. The lowest BCUT2D eigenvalue weighted by Gasteiger charge is -2.13. The Morgan fingerprint density at radius 3 is 1.64 bits per heavy atom. The van der Waals surface area contributed by atoms with Crippen molar-refractivity contribution in [3.8, 4) is 0 Å². The lowest BCUT2D eigenvalue weighted by atomic mass is 10.2. The third-order valence-corrected chi connectivity index (χ3v) is 2.85. The Bertz CT molecular complexity index is 419. The van der Waals surface area contributed by atoms with Gasteiger partial charge in [0.15, 0.2) is 0 Å². The number of carbonyl (C=O) groups excluding carboxylic acids is 2. The third-order valence-electron chi connectivity index (χ3n) is 2.85. The zero-order valence-corrected chi connectivity index (χ0v) is 14.7. The van der Waals surface area contributed by atoms with Crippen molar-refractivity contribution in [3.63, 3.8) is 0 Å². The van der Waals surface area contributed by atoms with Crippen LogP contribution in [0.2, 0.25) is 0 Å². The summed E-state index contributed by atoms with van der Waals surface area (Å²) in [5.41, 5.74) is 0. The van der Waals surface area contributed by atoms with Crippen LogP contribution in [-0.2, 0) is 28.7 Å². The summed E-state index contributed by atoms with van der Waals surface area (Å²) in [5.74, 6) is -2.72. The lowest BCUT2D eigenvalue weighted by molar-refractivity contribution is -0.158. The molecule has 0 bridgehead atoms. The van der Waals surface area contributed by atoms with Crippen LogP contribution >= 0.6 is 0 Å². The molecular formula is C17H28O8. The van der Waals surface area contributed by atoms with E-state index in [9.17, 15) is 19.2 Å². The van der Waals surface area contributed by atoms with E-state index in [1.54, 1.807) is 6.92 Å². The zero-order valence-electron chi connectivity index (χ0n) is 14.7. The van der Waals surface area contributed by atoms with Crippen LogP contribution in [0.25, 0.3) is 0 Å². The fourth-order valence-electron chi connectivity index (χ4n) is 1.69. The molecule has 0 rings (SSSR count). The second kappa shape index (κ2) is 16.5. The van der Waals surface area contributed by atoms with Crippen molar-refractivity contribution < 1.29 is 38.9 Å². The van der Waals surface area contributed by atoms with Crippen LogP contribution < -0.4 is 0 Å². The number of hydrogen-bond acceptors (Lipinski definition) is 6. The molecule has 0 radical (unpaired) electrons. The summed E-state index contributed by atoms with van der Waals surface area (Å²) in [6.45, 7) is 7.53. The van der Waals surface area contributed by atoms with Crippen LogP contribution in [0.5, 0.6) is 0 Å². The molecule has 0 fully saturated rings. The van der Waals surface area contributed by atoms with Gasteiger partial charge in [-0.05, 0) is 32.6 Å². The molecule has 0 spiro atoms. The molecule has 0 heterocycles. The largest absolute Gasteiger partial charge is 0.481 e. The quantitative estimate of drug-likeness (QED) is 0.291. The number of carboxylic acid groups (broad SMARTS) is 2. The van der Waals surface area contributed by atoms with Gasteiger partial charge in [0.2, 0.25) is 0 Å². The molecular weight excluding hydrogens is 332 g/mol. The van der Waals surface area contributed by atoms with E-state index in [4.69, 9.17) is 19.7 Å². The minimum absolute atomic E-state index is 0.0162. The first-order valence-electron chi connectivity index (χ1n) is 8.10. The summed E-state index contributed by atoms with van der Waals surface area (Å²) in [5, 5.41) is 16.9. The van der Waals surface area contributed by atoms with Gasteiger partial charge in [0, 0.05) is 25.7 Å². The summed E-state index contributed by atoms with van der Waals surface area (Å²) in [6.07, 6.45) is 1.39. The van der Waals surface area contributed by atoms with E-state index in [-0.39, 0.29) is 32.3 Å². The van der Waals surface area contributed by atoms with Gasteiger partial charge in [-0.15, -0.1) is 13.2 Å². The Morgan fingerprint density at radius 1 is 0.800 bits per heavy atom. The standard InChI is InChI=1S/C15H24O8.C2H4/c1-11(23-15(21)9-5-3-7-13(18)19)10-22-14(20)8-4-2-6-12(16)17;1-2/h11H,2-10H2,1H3,(H,16,17)(H,18,19);1-2H2. The van der Waals surface area contributed by atoms with Gasteiger partial charge in [-0.25, -0.2) is 0 Å². The molecule has 0 aromatic heterocycles. The normalized spacial score (nSPS) is 10.8. The van der Waals surface area contributed by atoms with Gasteiger partial charge >= 0.3 is 23.9 Å². The van der Waals surface area contributed by atoms with Crippen molar-refractivity contribution >= 4 is 23.9 Å². The van der Waals surface area contributed by atoms with Crippen molar-refractivity contribution in [1.29, 1.82) is 0 Å². The molecule has 0 amide bonds. The van der Waals surface area contributed by atoms with Crippen molar-refractivity contribution in [3.05, 3.63) is 13.2 Å². The number of ether oxygens (including phenoxy) is 2. The van der Waals surface area contributed by atoms with Gasteiger partial charge in [0.1, 0.15) is 12.7 Å². The van der Waals surface area contributed by atoms with E-state index >= 15 is 0 Å². The van der Waals surface area contributed by atoms with Crippen LogP contribution in [0.1, 0.15) is 58.3 Å². The van der Waals surface area contributed by atoms with Crippen LogP contribution in [0.3, 0.4) is 0 Å². The third kappa shape index (κ3) is 19.6. The fourth-order valence-corrected chi connectivity index (χ4v) is 1.69. The highest BCUT2D eigenvalue weighted by Crippen LogP contribution is 2.05. The van der Waals surface area contributed by atoms with Crippen molar-refractivity contribution in [2.75, 3.05) is 6.61 Å². The number of esters is 2. The summed E-state index contributed by atoms with van der Waals surface area (Å²) >= 11 is 0. The zero-order chi connectivity index (χ0) is 19.7. The van der Waals surface area contributed by atoms with Crippen LogP contribution in [0, 0.1) is 0 Å². The van der Waals surface area contributed by atoms with Crippen molar-refractivity contribution in [2.45, 2.75) is 64.4 Å². The van der Waals surface area contributed by atoms with Gasteiger partial charge in [-0.1, -0.05) is 0 Å². The minimum Gasteiger partial charge on any atom is -0.481 e. The van der Waals surface area contributed by atoms with Crippen molar-refractivity contribution in [2.24, 2.45) is 0 Å². The monoisotopic (exact) mass is 360 g/mol. The molecule has 0 aliphatic carbocycles. The molecule has 0 aliphatic heterocycles. The van der Waals surface area contributed by atoms with E-state index in [0.717, 1.165) is 0 Å². The molecule has 8 nitrogen and oxygen atoms in total. The second-order valence-electron chi connectivity index (χ2n) is 5.19. The highest BCUT2D eigenvalue weighted by atomic mass is 16.6. The first-order valence-corrected chi connectivity index (χ1v) is 8.10. The SMILES string of the molecule is C=C.CC(COC(=O)CCCCC(=O)O)OC(=O)CCCCC(=O)O. The Labute approximate surface area is 147 Å². The molecule has 0 aromatic rings. The Morgan fingerprint density at radius 2 is 1.20 bits per heavy atom. The summed E-state index contributed by atoms with van der Waals surface area (Å²) in [4.78, 5) is 43.4. The molecule has 8 heteroatoms. The maximum Gasteiger partial charge on any atom is 0.306 e.